The van der Waals surface area contributed by atoms with Crippen LogP contribution >= 0.6 is 22.6 Å². The zero-order valence-corrected chi connectivity index (χ0v) is 11.5. The Morgan fingerprint density at radius 3 is 2.71 bits per heavy atom. The van der Waals surface area contributed by atoms with E-state index in [1.807, 2.05) is 6.07 Å². The van der Waals surface area contributed by atoms with Crippen LogP contribution in [-0.2, 0) is 0 Å². The molecule has 1 aromatic carbocycles. The molecule has 0 spiro atoms. The standard InChI is InChI=1S/C12H15IN2O2/c13-9-3-8(4-10(14)5-9)11(17)15-6-12(7-16)1-2-12/h3-5,16H,1-2,6-7,14H2,(H,15,17). The van der Waals surface area contributed by atoms with Gasteiger partial charge in [-0.3, -0.25) is 4.79 Å². The highest BCUT2D eigenvalue weighted by atomic mass is 127. The van der Waals surface area contributed by atoms with E-state index in [2.05, 4.69) is 27.9 Å². The van der Waals surface area contributed by atoms with Gasteiger partial charge in [0, 0.05) is 26.8 Å². The van der Waals surface area contributed by atoms with E-state index < -0.39 is 0 Å². The number of aliphatic hydroxyl groups is 1. The zero-order chi connectivity index (χ0) is 12.5. The molecular weight excluding hydrogens is 331 g/mol. The summed E-state index contributed by atoms with van der Waals surface area (Å²) in [5, 5.41) is 12.0. The molecule has 1 amide bonds. The normalized spacial score (nSPS) is 16.6. The van der Waals surface area contributed by atoms with Gasteiger partial charge in [0.25, 0.3) is 5.91 Å². The highest BCUT2D eigenvalue weighted by Gasteiger charge is 2.42. The average Bonchev–Trinajstić information content (AvgIpc) is 3.05. The maximum atomic E-state index is 11.9. The Labute approximate surface area is 114 Å². The van der Waals surface area contributed by atoms with Crippen molar-refractivity contribution in [3.05, 3.63) is 27.3 Å². The van der Waals surface area contributed by atoms with Crippen molar-refractivity contribution in [1.82, 2.24) is 5.32 Å². The number of nitrogens with two attached hydrogens (primary N) is 1. The van der Waals surface area contributed by atoms with Crippen molar-refractivity contribution in [2.75, 3.05) is 18.9 Å². The molecule has 5 heteroatoms. The van der Waals surface area contributed by atoms with Crippen LogP contribution < -0.4 is 11.1 Å². The summed E-state index contributed by atoms with van der Waals surface area (Å²) >= 11 is 2.13. The second-order valence-corrected chi connectivity index (χ2v) is 5.86. The summed E-state index contributed by atoms with van der Waals surface area (Å²) in [7, 11) is 0. The van der Waals surface area contributed by atoms with Crippen LogP contribution in [0.4, 0.5) is 5.69 Å². The van der Waals surface area contributed by atoms with Crippen LogP contribution in [0.1, 0.15) is 23.2 Å². The molecule has 92 valence electrons. The van der Waals surface area contributed by atoms with Crippen molar-refractivity contribution in [3.63, 3.8) is 0 Å². The molecule has 0 aromatic heterocycles. The van der Waals surface area contributed by atoms with E-state index in [1.165, 1.54) is 0 Å². The highest BCUT2D eigenvalue weighted by Crippen LogP contribution is 2.44. The second kappa shape index (κ2) is 4.81. The molecule has 0 heterocycles. The number of hydrogen-bond donors (Lipinski definition) is 3. The molecule has 4 N–H and O–H groups in total. The Balaban J connectivity index is 1.99. The number of carbonyl (C=O) groups excluding carboxylic acids is 1. The molecule has 1 saturated carbocycles. The number of rotatable bonds is 4. The third-order valence-corrected chi connectivity index (χ3v) is 3.72. The summed E-state index contributed by atoms with van der Waals surface area (Å²) in [6, 6.07) is 5.27. The molecule has 2 rings (SSSR count). The molecule has 17 heavy (non-hydrogen) atoms. The molecule has 1 fully saturated rings. The Kier molecular flexibility index (Phi) is 3.58. The number of anilines is 1. The van der Waals surface area contributed by atoms with Crippen molar-refractivity contribution < 1.29 is 9.90 Å². The smallest absolute Gasteiger partial charge is 0.251 e. The molecule has 0 unspecified atom stereocenters. The summed E-state index contributed by atoms with van der Waals surface area (Å²) in [4.78, 5) is 11.9. The van der Waals surface area contributed by atoms with Gasteiger partial charge in [-0.2, -0.15) is 0 Å². The van der Waals surface area contributed by atoms with Gasteiger partial charge in [0.2, 0.25) is 0 Å². The van der Waals surface area contributed by atoms with E-state index in [0.717, 1.165) is 16.4 Å². The van der Waals surface area contributed by atoms with Crippen LogP contribution in [-0.4, -0.2) is 24.2 Å². The summed E-state index contributed by atoms with van der Waals surface area (Å²) in [5.74, 6) is -0.130. The maximum absolute atomic E-state index is 11.9. The molecule has 1 aliphatic carbocycles. The first-order chi connectivity index (χ1) is 8.04. The number of carbonyl (C=O) groups is 1. The monoisotopic (exact) mass is 346 g/mol. The first kappa shape index (κ1) is 12.6. The minimum Gasteiger partial charge on any atom is -0.399 e. The highest BCUT2D eigenvalue weighted by molar-refractivity contribution is 14.1. The quantitative estimate of drug-likeness (QED) is 0.570. The van der Waals surface area contributed by atoms with Gasteiger partial charge in [0.05, 0.1) is 6.61 Å². The van der Waals surface area contributed by atoms with E-state index in [-0.39, 0.29) is 17.9 Å². The Morgan fingerprint density at radius 2 is 2.18 bits per heavy atom. The van der Waals surface area contributed by atoms with Crippen molar-refractivity contribution >= 4 is 34.2 Å². The van der Waals surface area contributed by atoms with Crippen molar-refractivity contribution in [1.29, 1.82) is 0 Å². The number of amides is 1. The Hall–Kier alpha value is -0.820. The number of nitrogens with one attached hydrogen (secondary N) is 1. The van der Waals surface area contributed by atoms with Gasteiger partial charge in [-0.15, -0.1) is 0 Å². The number of hydrogen-bond acceptors (Lipinski definition) is 3. The summed E-state index contributed by atoms with van der Waals surface area (Å²) in [5.41, 5.74) is 6.79. The van der Waals surface area contributed by atoms with E-state index in [9.17, 15) is 4.79 Å². The second-order valence-electron chi connectivity index (χ2n) is 4.61. The van der Waals surface area contributed by atoms with E-state index in [1.54, 1.807) is 12.1 Å². The lowest BCUT2D eigenvalue weighted by atomic mass is 10.1. The third-order valence-electron chi connectivity index (χ3n) is 3.10. The van der Waals surface area contributed by atoms with Gasteiger partial charge in [0.1, 0.15) is 0 Å². The zero-order valence-electron chi connectivity index (χ0n) is 9.37. The molecule has 1 aliphatic rings. The number of halogens is 1. The van der Waals surface area contributed by atoms with Gasteiger partial charge >= 0.3 is 0 Å². The average molecular weight is 346 g/mol. The lowest BCUT2D eigenvalue weighted by Crippen LogP contribution is -2.31. The van der Waals surface area contributed by atoms with Crippen molar-refractivity contribution in [3.8, 4) is 0 Å². The van der Waals surface area contributed by atoms with Crippen LogP contribution in [0.25, 0.3) is 0 Å². The van der Waals surface area contributed by atoms with Crippen LogP contribution in [0, 0.1) is 8.99 Å². The van der Waals surface area contributed by atoms with Gasteiger partial charge in [0.15, 0.2) is 0 Å². The minimum atomic E-state index is -0.130. The number of nitrogen functional groups attached to an aromatic ring is 1. The fourth-order valence-corrected chi connectivity index (χ4v) is 2.38. The Bertz CT molecular complexity index is 424. The molecule has 4 nitrogen and oxygen atoms in total. The third kappa shape index (κ3) is 3.10. The van der Waals surface area contributed by atoms with Gasteiger partial charge < -0.3 is 16.2 Å². The summed E-state index contributed by atoms with van der Waals surface area (Å²) in [6.07, 6.45) is 1.97. The molecular formula is C12H15IN2O2. The predicted octanol–water partition coefficient (Wildman–Crippen LogP) is 1.38. The van der Waals surface area contributed by atoms with Crippen LogP contribution in [0.3, 0.4) is 0 Å². The first-order valence-corrected chi connectivity index (χ1v) is 6.58. The van der Waals surface area contributed by atoms with Gasteiger partial charge in [-0.25, -0.2) is 0 Å². The summed E-state index contributed by atoms with van der Waals surface area (Å²) in [6.45, 7) is 0.676. The van der Waals surface area contributed by atoms with Crippen molar-refractivity contribution in [2.24, 2.45) is 5.41 Å². The SMILES string of the molecule is Nc1cc(I)cc(C(=O)NCC2(CO)CC2)c1. The van der Waals surface area contributed by atoms with Gasteiger partial charge in [-0.1, -0.05) is 0 Å². The molecule has 1 aromatic rings. The molecule has 0 radical (unpaired) electrons. The largest absolute Gasteiger partial charge is 0.399 e. The number of benzene rings is 1. The lowest BCUT2D eigenvalue weighted by Gasteiger charge is -2.13. The molecule has 0 aliphatic heterocycles. The number of aliphatic hydroxyl groups excluding tert-OH is 1. The fraction of sp³-hybridized carbons (Fsp3) is 0.417. The van der Waals surface area contributed by atoms with E-state index in [0.29, 0.717) is 17.8 Å². The van der Waals surface area contributed by atoms with E-state index >= 15 is 0 Å². The maximum Gasteiger partial charge on any atom is 0.251 e. The lowest BCUT2D eigenvalue weighted by molar-refractivity contribution is 0.0935. The molecule has 0 saturated heterocycles. The Morgan fingerprint density at radius 1 is 1.47 bits per heavy atom. The molecule has 0 atom stereocenters. The van der Waals surface area contributed by atoms with Crippen LogP contribution in [0.5, 0.6) is 0 Å². The van der Waals surface area contributed by atoms with Gasteiger partial charge in [-0.05, 0) is 53.6 Å². The fourth-order valence-electron chi connectivity index (χ4n) is 1.68. The van der Waals surface area contributed by atoms with Crippen molar-refractivity contribution in [2.45, 2.75) is 12.8 Å². The first-order valence-electron chi connectivity index (χ1n) is 5.50. The molecule has 0 bridgehead atoms. The summed E-state index contributed by atoms with van der Waals surface area (Å²) < 4.78 is 0.941. The van der Waals surface area contributed by atoms with Crippen LogP contribution in [0.2, 0.25) is 0 Å². The van der Waals surface area contributed by atoms with E-state index in [4.69, 9.17) is 10.8 Å². The topological polar surface area (TPSA) is 75.4 Å². The van der Waals surface area contributed by atoms with Crippen LogP contribution in [0.15, 0.2) is 18.2 Å². The predicted molar refractivity (Wildman–Crippen MR) is 74.7 cm³/mol. The minimum absolute atomic E-state index is 0.0663.